The van der Waals surface area contributed by atoms with Crippen molar-refractivity contribution in [3.05, 3.63) is 88.1 Å². The first-order valence-electron chi connectivity index (χ1n) is 9.93. The standard InChI is InChI=1S/C24H25N3OS/c1-27-19(13-14-25-23(28)16-20-10-7-15-29-20)17-26-24(18-8-3-2-4-9-18)21-11-5-6-12-22(21)27/h2-12,15,19H,13-14,16-17H2,1H3,(H,25,28). The number of benzene rings is 2. The Morgan fingerprint density at radius 1 is 1.10 bits per heavy atom. The predicted molar refractivity (Wildman–Crippen MR) is 121 cm³/mol. The smallest absolute Gasteiger partial charge is 0.225 e. The quantitative estimate of drug-likeness (QED) is 0.672. The predicted octanol–water partition coefficient (Wildman–Crippen LogP) is 4.15. The van der Waals surface area contributed by atoms with Crippen LogP contribution in [0.2, 0.25) is 0 Å². The summed E-state index contributed by atoms with van der Waals surface area (Å²) in [5.74, 6) is 0.0811. The molecule has 1 unspecified atom stereocenters. The third-order valence-corrected chi connectivity index (χ3v) is 6.19. The molecule has 1 atom stereocenters. The third kappa shape index (κ3) is 4.57. The number of hydrogen-bond acceptors (Lipinski definition) is 4. The molecule has 0 saturated carbocycles. The summed E-state index contributed by atoms with van der Waals surface area (Å²) >= 11 is 1.62. The van der Waals surface area contributed by atoms with Crippen LogP contribution in [-0.2, 0) is 11.2 Å². The van der Waals surface area contributed by atoms with Crippen molar-refractivity contribution in [2.45, 2.75) is 18.9 Å². The second-order valence-electron chi connectivity index (χ2n) is 7.23. The van der Waals surface area contributed by atoms with E-state index in [1.807, 2.05) is 23.6 Å². The van der Waals surface area contributed by atoms with Gasteiger partial charge in [-0.15, -0.1) is 11.3 Å². The number of fused-ring (bicyclic) bond motifs is 1. The van der Waals surface area contributed by atoms with E-state index in [4.69, 9.17) is 4.99 Å². The van der Waals surface area contributed by atoms with Crippen LogP contribution in [-0.4, -0.2) is 37.8 Å². The van der Waals surface area contributed by atoms with E-state index in [1.165, 1.54) is 5.69 Å². The van der Waals surface area contributed by atoms with Crippen LogP contribution in [0.3, 0.4) is 0 Å². The second kappa shape index (κ2) is 9.05. The summed E-state index contributed by atoms with van der Waals surface area (Å²) in [5, 5.41) is 5.07. The van der Waals surface area contributed by atoms with Gasteiger partial charge in [0.2, 0.25) is 5.91 Å². The van der Waals surface area contributed by atoms with Gasteiger partial charge in [0.05, 0.1) is 18.7 Å². The van der Waals surface area contributed by atoms with E-state index in [0.717, 1.165) is 28.1 Å². The highest BCUT2D eigenvalue weighted by Gasteiger charge is 2.23. The van der Waals surface area contributed by atoms with Crippen LogP contribution in [0.5, 0.6) is 0 Å². The molecule has 0 spiro atoms. The lowest BCUT2D eigenvalue weighted by atomic mass is 10.0. The lowest BCUT2D eigenvalue weighted by Gasteiger charge is -2.28. The molecule has 0 saturated heterocycles. The van der Waals surface area contributed by atoms with Gasteiger partial charge in [-0.05, 0) is 23.9 Å². The molecule has 29 heavy (non-hydrogen) atoms. The summed E-state index contributed by atoms with van der Waals surface area (Å²) in [4.78, 5) is 20.6. The van der Waals surface area contributed by atoms with Gasteiger partial charge in [-0.2, -0.15) is 0 Å². The second-order valence-corrected chi connectivity index (χ2v) is 8.26. The molecule has 1 aliphatic heterocycles. The number of aliphatic imine (C=N–C) groups is 1. The summed E-state index contributed by atoms with van der Waals surface area (Å²) in [6, 6.07) is 23.0. The van der Waals surface area contributed by atoms with E-state index in [1.54, 1.807) is 11.3 Å². The minimum Gasteiger partial charge on any atom is -0.369 e. The topological polar surface area (TPSA) is 44.7 Å². The molecule has 1 N–H and O–H groups in total. The van der Waals surface area contributed by atoms with Gasteiger partial charge < -0.3 is 10.2 Å². The van der Waals surface area contributed by atoms with Crippen molar-refractivity contribution < 1.29 is 4.79 Å². The number of nitrogens with one attached hydrogen (secondary N) is 1. The minimum atomic E-state index is 0.0811. The summed E-state index contributed by atoms with van der Waals surface area (Å²) in [7, 11) is 2.13. The number of carbonyl (C=O) groups excluding carboxylic acids is 1. The molecule has 0 radical (unpaired) electrons. The first kappa shape index (κ1) is 19.4. The summed E-state index contributed by atoms with van der Waals surface area (Å²) < 4.78 is 0. The van der Waals surface area contributed by atoms with Crippen molar-refractivity contribution in [1.29, 1.82) is 0 Å². The van der Waals surface area contributed by atoms with Gasteiger partial charge in [0.25, 0.3) is 0 Å². The molecule has 0 aliphatic carbocycles. The molecule has 5 heteroatoms. The number of anilines is 1. The van der Waals surface area contributed by atoms with Crippen molar-refractivity contribution >= 4 is 28.6 Å². The van der Waals surface area contributed by atoms with E-state index < -0.39 is 0 Å². The maximum atomic E-state index is 12.2. The maximum Gasteiger partial charge on any atom is 0.225 e. The largest absolute Gasteiger partial charge is 0.369 e. The zero-order chi connectivity index (χ0) is 20.1. The molecule has 3 aromatic rings. The van der Waals surface area contributed by atoms with Crippen LogP contribution in [0.4, 0.5) is 5.69 Å². The van der Waals surface area contributed by atoms with Gasteiger partial charge in [0, 0.05) is 41.3 Å². The number of carbonyl (C=O) groups is 1. The molecule has 0 fully saturated rings. The summed E-state index contributed by atoms with van der Waals surface area (Å²) in [6.45, 7) is 1.35. The fourth-order valence-corrected chi connectivity index (χ4v) is 4.43. The number of likely N-dealkylation sites (N-methyl/N-ethyl adjacent to an activating group) is 1. The highest BCUT2D eigenvalue weighted by atomic mass is 32.1. The normalized spacial score (nSPS) is 16.0. The number of nitrogens with zero attached hydrogens (tertiary/aromatic N) is 2. The summed E-state index contributed by atoms with van der Waals surface area (Å²) in [6.07, 6.45) is 1.31. The van der Waals surface area contributed by atoms with E-state index in [-0.39, 0.29) is 11.9 Å². The SMILES string of the molecule is CN1c2ccccc2C(c2ccccc2)=NCC1CCNC(=O)Cc1cccs1. The van der Waals surface area contributed by atoms with Crippen LogP contribution in [0.15, 0.2) is 77.1 Å². The van der Waals surface area contributed by atoms with Crippen LogP contribution in [0.1, 0.15) is 22.4 Å². The fraction of sp³-hybridized carbons (Fsp3) is 0.250. The number of benzodiazepines with no additional fused rings is 1. The molecule has 148 valence electrons. The van der Waals surface area contributed by atoms with Crippen LogP contribution >= 0.6 is 11.3 Å². The Morgan fingerprint density at radius 3 is 2.69 bits per heavy atom. The Hall–Kier alpha value is -2.92. The van der Waals surface area contributed by atoms with E-state index in [9.17, 15) is 4.79 Å². The van der Waals surface area contributed by atoms with Crippen molar-refractivity contribution in [2.24, 2.45) is 4.99 Å². The number of thiophene rings is 1. The first-order chi connectivity index (χ1) is 14.2. The Morgan fingerprint density at radius 2 is 1.90 bits per heavy atom. The number of rotatable bonds is 6. The van der Waals surface area contributed by atoms with Crippen LogP contribution in [0.25, 0.3) is 0 Å². The lowest BCUT2D eigenvalue weighted by Crippen LogP contribution is -2.37. The van der Waals surface area contributed by atoms with Crippen molar-refractivity contribution in [1.82, 2.24) is 5.32 Å². The number of hydrogen-bond donors (Lipinski definition) is 1. The van der Waals surface area contributed by atoms with E-state index in [0.29, 0.717) is 19.5 Å². The Bertz CT molecular complexity index is 982. The minimum absolute atomic E-state index is 0.0811. The van der Waals surface area contributed by atoms with Crippen molar-refractivity contribution in [3.8, 4) is 0 Å². The monoisotopic (exact) mass is 403 g/mol. The maximum absolute atomic E-state index is 12.2. The first-order valence-corrected chi connectivity index (χ1v) is 10.8. The highest BCUT2D eigenvalue weighted by molar-refractivity contribution is 7.10. The van der Waals surface area contributed by atoms with Crippen molar-refractivity contribution in [2.75, 3.05) is 25.0 Å². The van der Waals surface area contributed by atoms with Gasteiger partial charge in [0.1, 0.15) is 0 Å². The molecular weight excluding hydrogens is 378 g/mol. The van der Waals surface area contributed by atoms with E-state index >= 15 is 0 Å². The van der Waals surface area contributed by atoms with Gasteiger partial charge in [0.15, 0.2) is 0 Å². The molecule has 4 nitrogen and oxygen atoms in total. The molecular formula is C24H25N3OS. The number of para-hydroxylation sites is 1. The highest BCUT2D eigenvalue weighted by Crippen LogP contribution is 2.28. The molecule has 1 aromatic heterocycles. The average Bonchev–Trinajstić information content (AvgIpc) is 3.21. The average molecular weight is 404 g/mol. The number of amides is 1. The van der Waals surface area contributed by atoms with E-state index in [2.05, 4.69) is 65.8 Å². The van der Waals surface area contributed by atoms with Gasteiger partial charge in [-0.3, -0.25) is 9.79 Å². The van der Waals surface area contributed by atoms with Gasteiger partial charge in [-0.25, -0.2) is 0 Å². The summed E-state index contributed by atoms with van der Waals surface area (Å²) in [5.41, 5.74) is 4.52. The molecule has 2 aromatic carbocycles. The zero-order valence-electron chi connectivity index (χ0n) is 16.5. The fourth-order valence-electron chi connectivity index (χ4n) is 3.72. The zero-order valence-corrected chi connectivity index (χ0v) is 17.4. The molecule has 2 heterocycles. The van der Waals surface area contributed by atoms with Crippen LogP contribution < -0.4 is 10.2 Å². The Balaban J connectivity index is 1.47. The Kier molecular flexibility index (Phi) is 6.06. The Labute approximate surface area is 175 Å². The third-order valence-electron chi connectivity index (χ3n) is 5.31. The molecule has 1 aliphatic rings. The molecule has 1 amide bonds. The molecule has 0 bridgehead atoms. The lowest BCUT2D eigenvalue weighted by molar-refractivity contribution is -0.120. The van der Waals surface area contributed by atoms with Crippen LogP contribution in [0, 0.1) is 0 Å². The van der Waals surface area contributed by atoms with Crippen molar-refractivity contribution in [3.63, 3.8) is 0 Å². The molecule has 4 rings (SSSR count). The van der Waals surface area contributed by atoms with Gasteiger partial charge >= 0.3 is 0 Å². The van der Waals surface area contributed by atoms with Gasteiger partial charge in [-0.1, -0.05) is 54.6 Å².